The third kappa shape index (κ3) is 5.95. The average Bonchev–Trinajstić information content (AvgIpc) is 1.61. The van der Waals surface area contributed by atoms with Crippen molar-refractivity contribution in [2.24, 2.45) is 0 Å². The molecular weight excluding hydrogens is 1010 g/mol. The van der Waals surface area contributed by atoms with Gasteiger partial charge in [0, 0.05) is 44.0 Å². The summed E-state index contributed by atoms with van der Waals surface area (Å²) in [5, 5.41) is 5.26. The minimum atomic E-state index is -0.648. The van der Waals surface area contributed by atoms with E-state index in [1.54, 1.807) is 0 Å². The molecule has 12 aromatic rings. The van der Waals surface area contributed by atoms with Crippen molar-refractivity contribution < 1.29 is 9.47 Å². The highest BCUT2D eigenvalue weighted by Gasteiger charge is 2.55. The Hall–Kier alpha value is -8.47. The van der Waals surface area contributed by atoms with Crippen LogP contribution in [0.4, 0.5) is 0 Å². The van der Waals surface area contributed by atoms with Gasteiger partial charge in [-0.3, -0.25) is 0 Å². The molecule has 0 N–H and O–H groups in total. The van der Waals surface area contributed by atoms with Gasteiger partial charge in [0.15, 0.2) is 0 Å². The van der Waals surface area contributed by atoms with Crippen molar-refractivity contribution in [3.8, 4) is 56.6 Å². The molecule has 0 atom stereocenters. The van der Waals surface area contributed by atoms with Crippen LogP contribution >= 0.6 is 0 Å². The summed E-state index contributed by atoms with van der Waals surface area (Å²) < 4.78 is 20.0. The first-order valence-electron chi connectivity index (χ1n) is 30.1. The fourth-order valence-electron chi connectivity index (χ4n) is 16.4. The Morgan fingerprint density at radius 1 is 0.325 bits per heavy atom. The van der Waals surface area contributed by atoms with Gasteiger partial charge >= 0.3 is 0 Å². The molecule has 6 heteroatoms. The van der Waals surface area contributed by atoms with Crippen LogP contribution in [0.1, 0.15) is 128 Å². The molecule has 4 aliphatic heterocycles. The maximum absolute atomic E-state index is 7.46. The Bertz CT molecular complexity index is 4720. The van der Waals surface area contributed by atoms with Crippen LogP contribution in [-0.2, 0) is 27.1 Å². The SMILES string of the molecule is CC(C)(C)c1ccc2c(c1)c1cc(C(C)(C)C)cc3c1n2-c1cccc2c1B3c1cc3c(cc1O2)C1(c2ccccc2-3)c2ccccc2-c2cc3c(cc21)Oc1cccc2c1B3c1cc(C(C)(C)C)cc3c4cc(C(C)(C)C)ccc4n-2c13. The van der Waals surface area contributed by atoms with Gasteiger partial charge in [-0.2, -0.15) is 0 Å². The topological polar surface area (TPSA) is 28.3 Å². The molecule has 83 heavy (non-hydrogen) atoms. The van der Waals surface area contributed by atoms with E-state index >= 15 is 0 Å². The molecular formula is C77H64B2N2O2. The molecule has 400 valence electrons. The first kappa shape index (κ1) is 48.1. The number of ether oxygens (including phenoxy) is 2. The number of hydrogen-bond acceptors (Lipinski definition) is 2. The highest BCUT2D eigenvalue weighted by Crippen LogP contribution is 2.64. The Morgan fingerprint density at radius 2 is 0.723 bits per heavy atom. The van der Waals surface area contributed by atoms with Crippen molar-refractivity contribution in [1.82, 2.24) is 9.13 Å². The highest BCUT2D eigenvalue weighted by atomic mass is 16.5. The lowest BCUT2D eigenvalue weighted by Crippen LogP contribution is -2.58. The summed E-state index contributed by atoms with van der Waals surface area (Å²) in [4.78, 5) is 0. The lowest BCUT2D eigenvalue weighted by Gasteiger charge is -2.36. The Balaban J connectivity index is 0.884. The third-order valence-electron chi connectivity index (χ3n) is 20.4. The minimum absolute atomic E-state index is 0.00848. The van der Waals surface area contributed by atoms with Crippen molar-refractivity contribution >= 4 is 89.8 Å². The van der Waals surface area contributed by atoms with Crippen LogP contribution in [0.15, 0.2) is 170 Å². The second kappa shape index (κ2) is 15.2. The van der Waals surface area contributed by atoms with Crippen LogP contribution < -0.4 is 42.3 Å². The van der Waals surface area contributed by atoms with Gasteiger partial charge in [-0.15, -0.1) is 0 Å². The number of nitrogens with zero attached hydrogens (tertiary/aromatic N) is 2. The van der Waals surface area contributed by atoms with E-state index in [4.69, 9.17) is 9.47 Å². The van der Waals surface area contributed by atoms with E-state index < -0.39 is 5.41 Å². The average molecular weight is 1070 g/mol. The molecule has 2 aliphatic carbocycles. The van der Waals surface area contributed by atoms with Gasteiger partial charge in [-0.05, 0) is 194 Å². The molecule has 4 nitrogen and oxygen atoms in total. The van der Waals surface area contributed by atoms with Crippen LogP contribution in [0.25, 0.3) is 77.2 Å². The maximum atomic E-state index is 7.46. The predicted octanol–water partition coefficient (Wildman–Crippen LogP) is 15.3. The van der Waals surface area contributed by atoms with E-state index in [2.05, 4.69) is 262 Å². The summed E-state index contributed by atoms with van der Waals surface area (Å²) in [5.41, 5.74) is 29.9. The number of fused-ring (bicyclic) bond motifs is 24. The van der Waals surface area contributed by atoms with E-state index in [0.29, 0.717) is 0 Å². The zero-order valence-electron chi connectivity index (χ0n) is 49.5. The van der Waals surface area contributed by atoms with Gasteiger partial charge in [0.2, 0.25) is 0 Å². The fourth-order valence-corrected chi connectivity index (χ4v) is 16.4. The van der Waals surface area contributed by atoms with Crippen molar-refractivity contribution in [2.75, 3.05) is 0 Å². The molecule has 2 aromatic heterocycles. The third-order valence-corrected chi connectivity index (χ3v) is 20.4. The molecule has 0 radical (unpaired) electrons. The largest absolute Gasteiger partial charge is 0.458 e. The van der Waals surface area contributed by atoms with Gasteiger partial charge in [0.1, 0.15) is 23.0 Å². The lowest BCUT2D eigenvalue weighted by atomic mass is 9.34. The Kier molecular flexibility index (Phi) is 8.81. The summed E-state index contributed by atoms with van der Waals surface area (Å²) in [6.07, 6.45) is 0. The van der Waals surface area contributed by atoms with Gasteiger partial charge in [-0.25, -0.2) is 0 Å². The monoisotopic (exact) mass is 1070 g/mol. The molecule has 0 saturated carbocycles. The Labute approximate surface area is 486 Å². The van der Waals surface area contributed by atoms with E-state index in [1.807, 2.05) is 0 Å². The second-order valence-electron chi connectivity index (χ2n) is 29.2. The highest BCUT2D eigenvalue weighted by molar-refractivity contribution is 7.00. The van der Waals surface area contributed by atoms with E-state index in [0.717, 1.165) is 23.0 Å². The zero-order chi connectivity index (χ0) is 56.5. The van der Waals surface area contributed by atoms with Crippen LogP contribution in [0, 0.1) is 0 Å². The Morgan fingerprint density at radius 3 is 1.13 bits per heavy atom. The number of aromatic nitrogens is 2. The van der Waals surface area contributed by atoms with Crippen molar-refractivity contribution in [2.45, 2.75) is 110 Å². The number of benzene rings is 10. The summed E-state index contributed by atoms with van der Waals surface area (Å²) in [6.45, 7) is 28.0. The second-order valence-corrected chi connectivity index (χ2v) is 29.2. The fraction of sp³-hybridized carbons (Fsp3) is 0.221. The summed E-state index contributed by atoms with van der Waals surface area (Å²) in [5.74, 6) is 3.71. The smallest absolute Gasteiger partial charge is 0.256 e. The summed E-state index contributed by atoms with van der Waals surface area (Å²) >= 11 is 0. The molecule has 1 spiro atoms. The van der Waals surface area contributed by atoms with Gasteiger partial charge in [0.25, 0.3) is 13.4 Å². The van der Waals surface area contributed by atoms with Crippen molar-refractivity contribution in [3.63, 3.8) is 0 Å². The molecule has 0 amide bonds. The van der Waals surface area contributed by atoms with E-state index in [9.17, 15) is 0 Å². The molecule has 18 rings (SSSR count). The lowest BCUT2D eigenvalue weighted by molar-refractivity contribution is 0.485. The van der Waals surface area contributed by atoms with E-state index in [-0.39, 0.29) is 35.1 Å². The number of hydrogen-bond donors (Lipinski definition) is 0. The zero-order valence-corrected chi connectivity index (χ0v) is 49.5. The van der Waals surface area contributed by atoms with Crippen molar-refractivity contribution in [3.05, 3.63) is 214 Å². The van der Waals surface area contributed by atoms with E-state index in [1.165, 1.54) is 155 Å². The first-order chi connectivity index (χ1) is 39.7. The quantitative estimate of drug-likeness (QED) is 0.142. The molecule has 10 aromatic carbocycles. The maximum Gasteiger partial charge on any atom is 0.256 e. The standard InChI is InChI=1S/C77H64B2N2O2/c1-73(2,3)41-27-29-61-49(31-41)51-33-43(75(7,8)9)35-59-71(51)80(61)63-23-17-25-65-69(63)78(59)57-37-47-45-19-13-15-21-53(45)77(55(47)39-67(57)82-65)54-22-16-14-20-46(54)48-38-58-68(40-56(48)77)83-66-26-18-24-64-70(66)79(58)60-36-44(76(10,11)12)34-52-50-32-42(74(4,5)6)28-30-62(50)81(64)72(52)60/h13-40H,1-12H3. The molecule has 0 bridgehead atoms. The van der Waals surface area contributed by atoms with Gasteiger partial charge in [-0.1, -0.05) is 180 Å². The normalized spacial score (nSPS) is 15.2. The van der Waals surface area contributed by atoms with Crippen LogP contribution in [0.2, 0.25) is 0 Å². The van der Waals surface area contributed by atoms with Crippen LogP contribution in [0.5, 0.6) is 23.0 Å². The van der Waals surface area contributed by atoms with Crippen molar-refractivity contribution in [1.29, 1.82) is 0 Å². The van der Waals surface area contributed by atoms with Crippen LogP contribution in [-0.4, -0.2) is 22.6 Å². The van der Waals surface area contributed by atoms with Crippen LogP contribution in [0.3, 0.4) is 0 Å². The first-order valence-corrected chi connectivity index (χ1v) is 30.1. The molecule has 0 saturated heterocycles. The molecule has 0 unspecified atom stereocenters. The van der Waals surface area contributed by atoms with Gasteiger partial charge < -0.3 is 18.6 Å². The molecule has 6 heterocycles. The summed E-state index contributed by atoms with van der Waals surface area (Å²) in [6, 6.07) is 66.4. The summed E-state index contributed by atoms with van der Waals surface area (Å²) in [7, 11) is 0. The molecule has 0 fully saturated rings. The molecule has 6 aliphatic rings. The predicted molar refractivity (Wildman–Crippen MR) is 349 cm³/mol. The van der Waals surface area contributed by atoms with Gasteiger partial charge in [0.05, 0.1) is 16.4 Å². The number of rotatable bonds is 0. The minimum Gasteiger partial charge on any atom is -0.458 e.